The molecule has 0 aliphatic heterocycles. The molecule has 0 aliphatic rings. The van der Waals surface area contributed by atoms with E-state index in [0.717, 1.165) is 6.42 Å². The van der Waals surface area contributed by atoms with Gasteiger partial charge < -0.3 is 10.1 Å². The zero-order valence-corrected chi connectivity index (χ0v) is 12.4. The molecule has 1 aromatic rings. The number of aromatic nitrogens is 2. The molecule has 0 bridgehead atoms. The highest BCUT2D eigenvalue weighted by Crippen LogP contribution is 2.17. The Kier molecular flexibility index (Phi) is 7.43. The van der Waals surface area contributed by atoms with Crippen molar-refractivity contribution in [2.24, 2.45) is 0 Å². The first kappa shape index (κ1) is 15.9. The van der Waals surface area contributed by atoms with Crippen molar-refractivity contribution in [3.63, 3.8) is 0 Å². The largest absolute Gasteiger partial charge is 0.379 e. The summed E-state index contributed by atoms with van der Waals surface area (Å²) in [7, 11) is 0. The van der Waals surface area contributed by atoms with Crippen molar-refractivity contribution in [2.75, 3.05) is 13.2 Å². The minimum Gasteiger partial charge on any atom is -0.379 e. The van der Waals surface area contributed by atoms with Crippen LogP contribution in [0.25, 0.3) is 0 Å². The van der Waals surface area contributed by atoms with Gasteiger partial charge in [-0.05, 0) is 33.3 Å². The van der Waals surface area contributed by atoms with Crippen LogP contribution in [-0.4, -0.2) is 40.4 Å². The smallest absolute Gasteiger partial charge is 0.233 e. The second-order valence-electron chi connectivity index (χ2n) is 4.36. The van der Waals surface area contributed by atoms with Crippen molar-refractivity contribution in [2.45, 2.75) is 43.7 Å². The Morgan fingerprint density at radius 1 is 1.37 bits per heavy atom. The topological polar surface area (TPSA) is 64.1 Å². The zero-order valence-electron chi connectivity index (χ0n) is 11.6. The minimum absolute atomic E-state index is 0.00185. The fourth-order valence-electron chi connectivity index (χ4n) is 1.30. The van der Waals surface area contributed by atoms with Crippen LogP contribution in [-0.2, 0) is 9.53 Å². The number of thioether (sulfide) groups is 1. The number of carbonyl (C=O) groups excluding carboxylic acids is 1. The number of ether oxygens (including phenoxy) is 1. The maximum absolute atomic E-state index is 11.8. The number of nitrogens with zero attached hydrogens (tertiary/aromatic N) is 2. The molecule has 0 aliphatic carbocycles. The maximum atomic E-state index is 11.8. The molecule has 0 radical (unpaired) electrons. The molecule has 0 spiro atoms. The van der Waals surface area contributed by atoms with E-state index in [-0.39, 0.29) is 17.3 Å². The fraction of sp³-hybridized carbons (Fsp3) is 0.615. The lowest BCUT2D eigenvalue weighted by Crippen LogP contribution is -2.32. The van der Waals surface area contributed by atoms with Crippen molar-refractivity contribution in [3.8, 4) is 0 Å². The number of carbonyl (C=O) groups is 1. The molecule has 0 saturated carbocycles. The van der Waals surface area contributed by atoms with Gasteiger partial charge in [0.2, 0.25) is 5.91 Å². The van der Waals surface area contributed by atoms with Gasteiger partial charge in [-0.3, -0.25) is 4.79 Å². The second kappa shape index (κ2) is 8.87. The van der Waals surface area contributed by atoms with Crippen molar-refractivity contribution in [1.82, 2.24) is 15.3 Å². The van der Waals surface area contributed by atoms with Crippen LogP contribution < -0.4 is 5.32 Å². The summed E-state index contributed by atoms with van der Waals surface area (Å²) in [5.74, 6) is 0.00185. The molecule has 1 atom stereocenters. The van der Waals surface area contributed by atoms with E-state index in [1.807, 2.05) is 20.8 Å². The number of nitrogens with one attached hydrogen (secondary N) is 1. The average molecular weight is 283 g/mol. The number of hydrogen-bond donors (Lipinski definition) is 1. The fourth-order valence-corrected chi connectivity index (χ4v) is 2.05. The Hall–Kier alpha value is -1.14. The van der Waals surface area contributed by atoms with Crippen LogP contribution in [0.3, 0.4) is 0 Å². The summed E-state index contributed by atoms with van der Waals surface area (Å²) in [5, 5.41) is 3.30. The predicted molar refractivity (Wildman–Crippen MR) is 76.1 cm³/mol. The summed E-state index contributed by atoms with van der Waals surface area (Å²) < 4.78 is 5.40. The van der Waals surface area contributed by atoms with Gasteiger partial charge in [0.25, 0.3) is 0 Å². The molecule has 19 heavy (non-hydrogen) atoms. The van der Waals surface area contributed by atoms with E-state index in [0.29, 0.717) is 18.3 Å². The van der Waals surface area contributed by atoms with Crippen LogP contribution in [0.4, 0.5) is 0 Å². The maximum Gasteiger partial charge on any atom is 0.233 e. The highest BCUT2D eigenvalue weighted by molar-refractivity contribution is 8.00. The number of amides is 1. The molecule has 0 fully saturated rings. The summed E-state index contributed by atoms with van der Waals surface area (Å²) in [6, 6.07) is 1.75. The van der Waals surface area contributed by atoms with Gasteiger partial charge in [-0.15, -0.1) is 0 Å². The second-order valence-corrected chi connectivity index (χ2v) is 5.66. The SMILES string of the molecule is CC(C)OCCCNC(=O)C(C)Sc1ncccn1. The summed E-state index contributed by atoms with van der Waals surface area (Å²) >= 11 is 1.35. The molecule has 1 heterocycles. The Labute approximate surface area is 118 Å². The van der Waals surface area contributed by atoms with Gasteiger partial charge in [-0.1, -0.05) is 11.8 Å². The summed E-state index contributed by atoms with van der Waals surface area (Å²) in [6.45, 7) is 7.14. The Morgan fingerprint density at radius 2 is 2.05 bits per heavy atom. The number of rotatable bonds is 8. The Morgan fingerprint density at radius 3 is 2.68 bits per heavy atom. The molecule has 0 saturated heterocycles. The standard InChI is InChI=1S/C13H21N3O2S/c1-10(2)18-9-5-8-14-12(17)11(3)19-13-15-6-4-7-16-13/h4,6-7,10-11H,5,8-9H2,1-3H3,(H,14,17). The first-order chi connectivity index (χ1) is 9.09. The van der Waals surface area contributed by atoms with E-state index in [4.69, 9.17) is 4.74 Å². The Balaban J connectivity index is 2.18. The molecule has 1 N–H and O–H groups in total. The average Bonchev–Trinajstić information content (AvgIpc) is 2.38. The van der Waals surface area contributed by atoms with Gasteiger partial charge in [0.05, 0.1) is 11.4 Å². The molecular formula is C13H21N3O2S. The highest BCUT2D eigenvalue weighted by atomic mass is 32.2. The first-order valence-corrected chi connectivity index (χ1v) is 7.30. The van der Waals surface area contributed by atoms with Crippen molar-refractivity contribution >= 4 is 17.7 Å². The van der Waals surface area contributed by atoms with Crippen LogP contribution in [0.5, 0.6) is 0 Å². The molecule has 0 aromatic carbocycles. The minimum atomic E-state index is -0.201. The van der Waals surface area contributed by atoms with Gasteiger partial charge >= 0.3 is 0 Å². The molecule has 6 heteroatoms. The van der Waals surface area contributed by atoms with E-state index in [2.05, 4.69) is 15.3 Å². The summed E-state index contributed by atoms with van der Waals surface area (Å²) in [5.41, 5.74) is 0. The van der Waals surface area contributed by atoms with Gasteiger partial charge in [-0.25, -0.2) is 9.97 Å². The third kappa shape index (κ3) is 7.12. The van der Waals surface area contributed by atoms with Crippen molar-refractivity contribution in [1.29, 1.82) is 0 Å². The third-order valence-electron chi connectivity index (χ3n) is 2.27. The van der Waals surface area contributed by atoms with E-state index in [1.165, 1.54) is 11.8 Å². The van der Waals surface area contributed by atoms with E-state index < -0.39 is 0 Å². The number of hydrogen-bond acceptors (Lipinski definition) is 5. The highest BCUT2D eigenvalue weighted by Gasteiger charge is 2.14. The summed E-state index contributed by atoms with van der Waals surface area (Å²) in [4.78, 5) is 20.0. The van der Waals surface area contributed by atoms with E-state index in [1.54, 1.807) is 18.5 Å². The third-order valence-corrected chi connectivity index (χ3v) is 3.25. The van der Waals surface area contributed by atoms with Crippen LogP contribution in [0.2, 0.25) is 0 Å². The summed E-state index contributed by atoms with van der Waals surface area (Å²) in [6.07, 6.45) is 4.40. The zero-order chi connectivity index (χ0) is 14.1. The normalized spacial score (nSPS) is 12.4. The van der Waals surface area contributed by atoms with E-state index in [9.17, 15) is 4.79 Å². The van der Waals surface area contributed by atoms with Crippen LogP contribution >= 0.6 is 11.8 Å². The molecule has 1 unspecified atom stereocenters. The molecule has 1 aromatic heterocycles. The molecule has 106 valence electrons. The van der Waals surface area contributed by atoms with Gasteiger partial charge in [-0.2, -0.15) is 0 Å². The lowest BCUT2D eigenvalue weighted by molar-refractivity contribution is -0.120. The van der Waals surface area contributed by atoms with Gasteiger partial charge in [0.15, 0.2) is 5.16 Å². The van der Waals surface area contributed by atoms with E-state index >= 15 is 0 Å². The van der Waals surface area contributed by atoms with Gasteiger partial charge in [0, 0.05) is 25.5 Å². The molecule has 5 nitrogen and oxygen atoms in total. The monoisotopic (exact) mass is 283 g/mol. The van der Waals surface area contributed by atoms with Crippen molar-refractivity contribution < 1.29 is 9.53 Å². The van der Waals surface area contributed by atoms with Crippen LogP contribution in [0.15, 0.2) is 23.6 Å². The molecular weight excluding hydrogens is 262 g/mol. The molecule has 1 rings (SSSR count). The van der Waals surface area contributed by atoms with Crippen molar-refractivity contribution in [3.05, 3.63) is 18.5 Å². The molecule has 1 amide bonds. The quantitative estimate of drug-likeness (QED) is 0.448. The van der Waals surface area contributed by atoms with Crippen LogP contribution in [0, 0.1) is 0 Å². The Bertz CT molecular complexity index is 373. The lowest BCUT2D eigenvalue weighted by atomic mass is 10.4. The first-order valence-electron chi connectivity index (χ1n) is 6.42. The van der Waals surface area contributed by atoms with Crippen LogP contribution in [0.1, 0.15) is 27.2 Å². The predicted octanol–water partition coefficient (Wildman–Crippen LogP) is 1.89. The van der Waals surface area contributed by atoms with Gasteiger partial charge in [0.1, 0.15) is 0 Å². The lowest BCUT2D eigenvalue weighted by Gasteiger charge is -2.11.